The van der Waals surface area contributed by atoms with Crippen molar-refractivity contribution in [1.29, 1.82) is 0 Å². The average molecular weight is 517 g/mol. The molecule has 5 rings (SSSR count). The minimum absolute atomic E-state index is 0.199. The van der Waals surface area contributed by atoms with Crippen LogP contribution in [0.1, 0.15) is 23.6 Å². The predicted octanol–water partition coefficient (Wildman–Crippen LogP) is 4.83. The number of nitrogens with zero attached hydrogens (tertiary/aromatic N) is 2. The molecule has 4 aromatic rings. The Kier molecular flexibility index (Phi) is 7.83. The Morgan fingerprint density at radius 1 is 0.821 bits per heavy atom. The van der Waals surface area contributed by atoms with Crippen molar-refractivity contribution in [2.24, 2.45) is 4.99 Å². The molecule has 196 valence electrons. The SMILES string of the molecule is CC(NC(=O)Cc1ccc(-c2ccccc2)cc1)C(=O)N[C@@H]1CN(C)c2ccccc2C(c2ccccc2)=N1. The van der Waals surface area contributed by atoms with Gasteiger partial charge in [-0.3, -0.25) is 14.6 Å². The molecule has 0 aromatic heterocycles. The highest BCUT2D eigenvalue weighted by atomic mass is 16.2. The van der Waals surface area contributed by atoms with E-state index < -0.39 is 12.2 Å². The van der Waals surface area contributed by atoms with Gasteiger partial charge in [0.1, 0.15) is 12.2 Å². The van der Waals surface area contributed by atoms with E-state index >= 15 is 0 Å². The van der Waals surface area contributed by atoms with Crippen LogP contribution in [0.25, 0.3) is 11.1 Å². The normalized spacial score (nSPS) is 15.4. The molecule has 39 heavy (non-hydrogen) atoms. The fourth-order valence-electron chi connectivity index (χ4n) is 4.81. The molecule has 4 aromatic carbocycles. The van der Waals surface area contributed by atoms with Gasteiger partial charge in [0.2, 0.25) is 11.8 Å². The molecule has 1 heterocycles. The highest BCUT2D eigenvalue weighted by Crippen LogP contribution is 2.26. The van der Waals surface area contributed by atoms with E-state index in [0.29, 0.717) is 6.54 Å². The van der Waals surface area contributed by atoms with E-state index in [1.54, 1.807) is 6.92 Å². The lowest BCUT2D eigenvalue weighted by Gasteiger charge is -2.24. The monoisotopic (exact) mass is 516 g/mol. The van der Waals surface area contributed by atoms with E-state index in [-0.39, 0.29) is 18.2 Å². The lowest BCUT2D eigenvalue weighted by Crippen LogP contribution is -2.50. The second kappa shape index (κ2) is 11.8. The topological polar surface area (TPSA) is 73.8 Å². The summed E-state index contributed by atoms with van der Waals surface area (Å²) in [6.45, 7) is 2.20. The van der Waals surface area contributed by atoms with E-state index in [1.807, 2.05) is 92.0 Å². The summed E-state index contributed by atoms with van der Waals surface area (Å²) in [6, 6.07) is 35.4. The molecule has 0 saturated heterocycles. The number of aliphatic imine (C=N–C) groups is 1. The molecule has 0 fully saturated rings. The van der Waals surface area contributed by atoms with Gasteiger partial charge in [0.25, 0.3) is 0 Å². The molecule has 2 N–H and O–H groups in total. The Bertz CT molecular complexity index is 1470. The molecule has 0 saturated carbocycles. The number of hydrogen-bond donors (Lipinski definition) is 2. The number of carbonyl (C=O) groups excluding carboxylic acids is 2. The summed E-state index contributed by atoms with van der Waals surface area (Å²) in [4.78, 5) is 32.9. The van der Waals surface area contributed by atoms with Crippen LogP contribution in [-0.2, 0) is 16.0 Å². The Hall–Kier alpha value is -4.71. The quantitative estimate of drug-likeness (QED) is 0.370. The molecule has 0 bridgehead atoms. The van der Waals surface area contributed by atoms with Gasteiger partial charge in [-0.1, -0.05) is 103 Å². The number of benzene rings is 4. The van der Waals surface area contributed by atoms with E-state index in [1.165, 1.54) is 0 Å². The Labute approximate surface area is 229 Å². The maximum Gasteiger partial charge on any atom is 0.243 e. The molecule has 0 radical (unpaired) electrons. The van der Waals surface area contributed by atoms with Gasteiger partial charge in [0, 0.05) is 23.9 Å². The van der Waals surface area contributed by atoms with Gasteiger partial charge in [0.15, 0.2) is 0 Å². The summed E-state index contributed by atoms with van der Waals surface area (Å²) in [7, 11) is 2.00. The average Bonchev–Trinajstić information content (AvgIpc) is 3.10. The van der Waals surface area contributed by atoms with Gasteiger partial charge < -0.3 is 15.5 Å². The molecule has 1 unspecified atom stereocenters. The Morgan fingerprint density at radius 3 is 2.10 bits per heavy atom. The van der Waals surface area contributed by atoms with Gasteiger partial charge in [-0.25, -0.2) is 0 Å². The molecular weight excluding hydrogens is 484 g/mol. The zero-order valence-electron chi connectivity index (χ0n) is 22.2. The van der Waals surface area contributed by atoms with Crippen LogP contribution in [0.3, 0.4) is 0 Å². The number of amides is 2. The fraction of sp³-hybridized carbons (Fsp3) is 0.182. The zero-order chi connectivity index (χ0) is 27.2. The summed E-state index contributed by atoms with van der Waals surface area (Å²) in [5, 5.41) is 5.87. The summed E-state index contributed by atoms with van der Waals surface area (Å²) >= 11 is 0. The first-order valence-electron chi connectivity index (χ1n) is 13.2. The lowest BCUT2D eigenvalue weighted by molar-refractivity contribution is -0.128. The lowest BCUT2D eigenvalue weighted by atomic mass is 10.0. The van der Waals surface area contributed by atoms with Crippen LogP contribution < -0.4 is 15.5 Å². The van der Waals surface area contributed by atoms with E-state index in [2.05, 4.69) is 39.8 Å². The van der Waals surface area contributed by atoms with Crippen LogP contribution in [0.4, 0.5) is 5.69 Å². The van der Waals surface area contributed by atoms with Crippen molar-refractivity contribution >= 4 is 23.2 Å². The van der Waals surface area contributed by atoms with Crippen LogP contribution in [0.5, 0.6) is 0 Å². The number of anilines is 1. The first-order valence-corrected chi connectivity index (χ1v) is 13.2. The van der Waals surface area contributed by atoms with Crippen molar-refractivity contribution in [3.05, 3.63) is 126 Å². The Balaban J connectivity index is 1.24. The van der Waals surface area contributed by atoms with Crippen LogP contribution >= 0.6 is 0 Å². The third-order valence-corrected chi connectivity index (χ3v) is 6.85. The number of para-hydroxylation sites is 1. The van der Waals surface area contributed by atoms with E-state index in [0.717, 1.165) is 39.2 Å². The fourth-order valence-corrected chi connectivity index (χ4v) is 4.81. The van der Waals surface area contributed by atoms with Crippen molar-refractivity contribution in [2.45, 2.75) is 25.6 Å². The molecule has 6 nitrogen and oxygen atoms in total. The molecule has 6 heteroatoms. The number of carbonyl (C=O) groups is 2. The molecule has 2 amide bonds. The maximum atomic E-state index is 13.1. The third kappa shape index (κ3) is 6.24. The number of likely N-dealkylation sites (N-methyl/N-ethyl adjacent to an activating group) is 1. The van der Waals surface area contributed by atoms with Gasteiger partial charge in [-0.05, 0) is 29.7 Å². The van der Waals surface area contributed by atoms with Crippen molar-refractivity contribution in [3.63, 3.8) is 0 Å². The summed E-state index contributed by atoms with van der Waals surface area (Å²) < 4.78 is 0. The largest absolute Gasteiger partial charge is 0.370 e. The number of hydrogen-bond acceptors (Lipinski definition) is 4. The van der Waals surface area contributed by atoms with Crippen molar-refractivity contribution < 1.29 is 9.59 Å². The predicted molar refractivity (Wildman–Crippen MR) is 157 cm³/mol. The molecular formula is C33H32N4O2. The Morgan fingerprint density at radius 2 is 1.41 bits per heavy atom. The highest BCUT2D eigenvalue weighted by Gasteiger charge is 2.25. The van der Waals surface area contributed by atoms with Crippen molar-refractivity contribution in [2.75, 3.05) is 18.5 Å². The minimum Gasteiger partial charge on any atom is -0.370 e. The summed E-state index contributed by atoms with van der Waals surface area (Å²) in [6.07, 6.45) is -0.278. The number of fused-ring (bicyclic) bond motifs is 1. The summed E-state index contributed by atoms with van der Waals surface area (Å²) in [5.74, 6) is -0.479. The molecule has 2 atom stereocenters. The van der Waals surface area contributed by atoms with Gasteiger partial charge in [0.05, 0.1) is 18.7 Å². The number of benzodiazepines with no additional fused rings is 1. The first kappa shape index (κ1) is 25.9. The van der Waals surface area contributed by atoms with Crippen LogP contribution in [-0.4, -0.2) is 43.3 Å². The highest BCUT2D eigenvalue weighted by molar-refractivity contribution is 6.16. The van der Waals surface area contributed by atoms with Crippen LogP contribution in [0, 0.1) is 0 Å². The zero-order valence-corrected chi connectivity index (χ0v) is 22.2. The van der Waals surface area contributed by atoms with Crippen LogP contribution in [0.15, 0.2) is 114 Å². The maximum absolute atomic E-state index is 13.1. The molecule has 1 aliphatic rings. The van der Waals surface area contributed by atoms with Gasteiger partial charge >= 0.3 is 0 Å². The van der Waals surface area contributed by atoms with Gasteiger partial charge in [-0.15, -0.1) is 0 Å². The first-order chi connectivity index (χ1) is 19.0. The van der Waals surface area contributed by atoms with Crippen LogP contribution in [0.2, 0.25) is 0 Å². The minimum atomic E-state index is -0.701. The summed E-state index contributed by atoms with van der Waals surface area (Å²) in [5.41, 5.74) is 7.00. The molecule has 1 aliphatic heterocycles. The third-order valence-electron chi connectivity index (χ3n) is 6.85. The molecule has 0 spiro atoms. The van der Waals surface area contributed by atoms with Crippen molar-refractivity contribution in [3.8, 4) is 11.1 Å². The van der Waals surface area contributed by atoms with E-state index in [9.17, 15) is 9.59 Å². The van der Waals surface area contributed by atoms with Crippen molar-refractivity contribution in [1.82, 2.24) is 10.6 Å². The van der Waals surface area contributed by atoms with Gasteiger partial charge in [-0.2, -0.15) is 0 Å². The second-order valence-corrected chi connectivity index (χ2v) is 9.79. The standard InChI is InChI=1S/C33H32N4O2/c1-23(34-31(38)21-24-17-19-26(20-18-24)25-11-5-3-6-12-25)33(39)36-30-22-37(2)29-16-10-9-15-28(29)32(35-30)27-13-7-4-8-14-27/h3-20,23,30H,21-22H2,1-2H3,(H,34,38)(H,36,39)/t23?,30-/m1/s1. The van der Waals surface area contributed by atoms with E-state index in [4.69, 9.17) is 4.99 Å². The number of nitrogens with one attached hydrogen (secondary N) is 2. The smallest absolute Gasteiger partial charge is 0.243 e. The number of rotatable bonds is 7. The second-order valence-electron chi connectivity index (χ2n) is 9.79. The molecule has 0 aliphatic carbocycles.